The van der Waals surface area contributed by atoms with Gasteiger partial charge in [-0.15, -0.1) is 11.3 Å². The number of benzene rings is 2. The van der Waals surface area contributed by atoms with Gasteiger partial charge in [0.05, 0.1) is 5.39 Å². The summed E-state index contributed by atoms with van der Waals surface area (Å²) in [7, 11) is 1.63. The van der Waals surface area contributed by atoms with Gasteiger partial charge in [0.15, 0.2) is 0 Å². The summed E-state index contributed by atoms with van der Waals surface area (Å²) in [5, 5.41) is 9.23. The van der Waals surface area contributed by atoms with Crippen molar-refractivity contribution >= 4 is 33.3 Å². The molecule has 1 amide bonds. The van der Waals surface area contributed by atoms with Gasteiger partial charge in [0.1, 0.15) is 17.0 Å². The summed E-state index contributed by atoms with van der Waals surface area (Å²) in [4.78, 5) is 21.5. The number of carbonyl (C=O) groups is 1. The Balaban J connectivity index is 1.61. The van der Waals surface area contributed by atoms with Crippen LogP contribution in [0.3, 0.4) is 0 Å². The van der Waals surface area contributed by atoms with E-state index in [9.17, 15) is 4.79 Å². The number of nitrogens with one attached hydrogen (secondary N) is 2. The number of carbonyl (C=O) groups excluding carboxylic acids is 1. The van der Waals surface area contributed by atoms with Gasteiger partial charge >= 0.3 is 0 Å². The monoisotopic (exact) mass is 388 g/mol. The molecule has 4 aromatic rings. The molecule has 6 heteroatoms. The summed E-state index contributed by atoms with van der Waals surface area (Å²) in [5.74, 6) is 0.732. The van der Waals surface area contributed by atoms with E-state index in [0.717, 1.165) is 32.7 Å². The topological polar surface area (TPSA) is 66.9 Å². The smallest absolute Gasteiger partial charge is 0.251 e. The Kier molecular flexibility index (Phi) is 5.04. The van der Waals surface area contributed by atoms with Crippen molar-refractivity contribution < 1.29 is 4.79 Å². The van der Waals surface area contributed by atoms with Crippen molar-refractivity contribution in [2.45, 2.75) is 13.5 Å². The molecule has 2 heterocycles. The van der Waals surface area contributed by atoms with Gasteiger partial charge in [-0.05, 0) is 30.2 Å². The third-order valence-corrected chi connectivity index (χ3v) is 5.52. The number of thiophene rings is 1. The van der Waals surface area contributed by atoms with Crippen molar-refractivity contribution in [3.8, 4) is 11.1 Å². The summed E-state index contributed by atoms with van der Waals surface area (Å²) in [6, 6.07) is 16.0. The molecule has 0 unspecified atom stereocenters. The highest BCUT2D eigenvalue weighted by Gasteiger charge is 2.13. The Morgan fingerprint density at radius 1 is 1.04 bits per heavy atom. The number of amides is 1. The van der Waals surface area contributed by atoms with Gasteiger partial charge in [0.25, 0.3) is 5.91 Å². The molecule has 0 atom stereocenters. The third-order valence-electron chi connectivity index (χ3n) is 4.64. The molecule has 0 aliphatic heterocycles. The summed E-state index contributed by atoms with van der Waals surface area (Å²) >= 11 is 1.62. The summed E-state index contributed by atoms with van der Waals surface area (Å²) in [6.07, 6.45) is 1.59. The fraction of sp³-hybridized carbons (Fsp3) is 0.136. The first-order valence-corrected chi connectivity index (χ1v) is 9.88. The normalized spacial score (nSPS) is 10.8. The van der Waals surface area contributed by atoms with E-state index >= 15 is 0 Å². The molecule has 0 spiro atoms. The molecule has 28 heavy (non-hydrogen) atoms. The van der Waals surface area contributed by atoms with Crippen LogP contribution in [0.25, 0.3) is 21.3 Å². The van der Waals surface area contributed by atoms with E-state index in [1.165, 1.54) is 5.56 Å². The first-order chi connectivity index (χ1) is 13.7. The average Bonchev–Trinajstić information content (AvgIpc) is 3.17. The zero-order valence-electron chi connectivity index (χ0n) is 15.7. The first kappa shape index (κ1) is 18.1. The van der Waals surface area contributed by atoms with Gasteiger partial charge in [0.2, 0.25) is 0 Å². The SMILES string of the molecule is CNC(=O)c1ccc(CNc2ncnc3scc(-c4ccc(C)cc4)c23)cc1. The number of fused-ring (bicyclic) bond motifs is 1. The van der Waals surface area contributed by atoms with Gasteiger partial charge in [0, 0.05) is 30.1 Å². The molecule has 0 saturated carbocycles. The molecular formula is C22H20N4OS. The lowest BCUT2D eigenvalue weighted by atomic mass is 10.0. The molecule has 0 radical (unpaired) electrons. The van der Waals surface area contributed by atoms with E-state index in [1.54, 1.807) is 24.7 Å². The van der Waals surface area contributed by atoms with Crippen molar-refractivity contribution in [2.75, 3.05) is 12.4 Å². The minimum Gasteiger partial charge on any atom is -0.365 e. The number of nitrogens with zero attached hydrogens (tertiary/aromatic N) is 2. The fourth-order valence-corrected chi connectivity index (χ4v) is 3.97. The number of hydrogen-bond donors (Lipinski definition) is 2. The van der Waals surface area contributed by atoms with Crippen LogP contribution in [0.15, 0.2) is 60.2 Å². The lowest BCUT2D eigenvalue weighted by Gasteiger charge is -2.09. The largest absolute Gasteiger partial charge is 0.365 e. The van der Waals surface area contributed by atoms with Crippen molar-refractivity contribution in [3.63, 3.8) is 0 Å². The Morgan fingerprint density at radius 3 is 2.50 bits per heavy atom. The number of aromatic nitrogens is 2. The van der Waals surface area contributed by atoms with E-state index in [0.29, 0.717) is 12.1 Å². The van der Waals surface area contributed by atoms with Crippen LogP contribution in [0.1, 0.15) is 21.5 Å². The second-order valence-electron chi connectivity index (χ2n) is 6.55. The molecule has 5 nitrogen and oxygen atoms in total. The molecule has 2 N–H and O–H groups in total. The van der Waals surface area contributed by atoms with Gasteiger partial charge < -0.3 is 10.6 Å². The average molecular weight is 388 g/mol. The molecule has 0 aliphatic carbocycles. The van der Waals surface area contributed by atoms with Crippen molar-refractivity contribution in [1.82, 2.24) is 15.3 Å². The maximum absolute atomic E-state index is 11.7. The number of anilines is 1. The summed E-state index contributed by atoms with van der Waals surface area (Å²) < 4.78 is 0. The molecule has 4 rings (SSSR count). The quantitative estimate of drug-likeness (QED) is 0.523. The second kappa shape index (κ2) is 7.78. The standard InChI is InChI=1S/C22H20N4OS/c1-14-3-7-16(8-4-14)18-12-28-22-19(18)20(25-13-26-22)24-11-15-5-9-17(10-6-15)21(27)23-2/h3-10,12-13H,11H2,1-2H3,(H,23,27)(H,24,25,26). The Bertz CT molecular complexity index is 1120. The molecule has 0 saturated heterocycles. The number of rotatable bonds is 5. The van der Waals surface area contributed by atoms with Crippen molar-refractivity contribution in [2.24, 2.45) is 0 Å². The van der Waals surface area contributed by atoms with E-state index in [1.807, 2.05) is 24.3 Å². The van der Waals surface area contributed by atoms with E-state index in [4.69, 9.17) is 0 Å². The van der Waals surface area contributed by atoms with Crippen LogP contribution in [0.5, 0.6) is 0 Å². The van der Waals surface area contributed by atoms with Crippen LogP contribution >= 0.6 is 11.3 Å². The molecule has 0 aliphatic rings. The Hall–Kier alpha value is -3.25. The lowest BCUT2D eigenvalue weighted by Crippen LogP contribution is -2.17. The molecule has 0 bridgehead atoms. The Labute approximate surface area is 167 Å². The highest BCUT2D eigenvalue weighted by atomic mass is 32.1. The molecule has 2 aromatic heterocycles. The first-order valence-electron chi connectivity index (χ1n) is 9.00. The molecule has 2 aromatic carbocycles. The third kappa shape index (κ3) is 3.59. The van der Waals surface area contributed by atoms with Crippen molar-refractivity contribution in [3.05, 3.63) is 76.9 Å². The maximum atomic E-state index is 11.7. The Morgan fingerprint density at radius 2 is 1.79 bits per heavy atom. The van der Waals surface area contributed by atoms with Crippen LogP contribution in [-0.2, 0) is 6.54 Å². The van der Waals surface area contributed by atoms with Crippen LogP contribution in [-0.4, -0.2) is 22.9 Å². The van der Waals surface area contributed by atoms with Crippen molar-refractivity contribution in [1.29, 1.82) is 0 Å². The molecule has 140 valence electrons. The number of hydrogen-bond acceptors (Lipinski definition) is 5. The second-order valence-corrected chi connectivity index (χ2v) is 7.41. The van der Waals surface area contributed by atoms with Gasteiger partial charge in [-0.25, -0.2) is 9.97 Å². The van der Waals surface area contributed by atoms with Gasteiger partial charge in [-0.1, -0.05) is 42.0 Å². The molecular weight excluding hydrogens is 368 g/mol. The number of aryl methyl sites for hydroxylation is 1. The predicted molar refractivity (Wildman–Crippen MR) is 115 cm³/mol. The van der Waals surface area contributed by atoms with Gasteiger partial charge in [-0.3, -0.25) is 4.79 Å². The van der Waals surface area contributed by atoms with E-state index in [2.05, 4.69) is 57.2 Å². The predicted octanol–water partition coefficient (Wildman–Crippen LogP) is 4.64. The van der Waals surface area contributed by atoms with Crippen LogP contribution < -0.4 is 10.6 Å². The minimum atomic E-state index is -0.0852. The van der Waals surface area contributed by atoms with Gasteiger partial charge in [-0.2, -0.15) is 0 Å². The summed E-state index contributed by atoms with van der Waals surface area (Å²) in [6.45, 7) is 2.70. The minimum absolute atomic E-state index is 0.0852. The summed E-state index contributed by atoms with van der Waals surface area (Å²) in [5.41, 5.74) is 5.25. The zero-order chi connectivity index (χ0) is 19.5. The highest BCUT2D eigenvalue weighted by molar-refractivity contribution is 7.17. The fourth-order valence-electron chi connectivity index (χ4n) is 3.06. The zero-order valence-corrected chi connectivity index (χ0v) is 16.5. The highest BCUT2D eigenvalue weighted by Crippen LogP contribution is 2.36. The van der Waals surface area contributed by atoms with Crippen LogP contribution in [0.4, 0.5) is 5.82 Å². The van der Waals surface area contributed by atoms with E-state index < -0.39 is 0 Å². The maximum Gasteiger partial charge on any atom is 0.251 e. The lowest BCUT2D eigenvalue weighted by molar-refractivity contribution is 0.0963. The van der Waals surface area contributed by atoms with Crippen LogP contribution in [0, 0.1) is 6.92 Å². The molecule has 0 fully saturated rings. The van der Waals surface area contributed by atoms with E-state index in [-0.39, 0.29) is 5.91 Å². The van der Waals surface area contributed by atoms with Crippen LogP contribution in [0.2, 0.25) is 0 Å².